The van der Waals surface area contributed by atoms with Gasteiger partial charge in [0.25, 0.3) is 5.56 Å². The second-order valence-corrected chi connectivity index (χ2v) is 9.38. The molecule has 6 heterocycles. The van der Waals surface area contributed by atoms with Gasteiger partial charge >= 0.3 is 0 Å². The number of hydrogen-bond donors (Lipinski definition) is 1. The second-order valence-electron chi connectivity index (χ2n) is 8.34. The molecule has 2 bridgehead atoms. The molecule has 154 valence electrons. The van der Waals surface area contributed by atoms with Crippen LogP contribution >= 0.6 is 11.3 Å². The van der Waals surface area contributed by atoms with Crippen LogP contribution in [0.1, 0.15) is 34.9 Å². The smallest absolute Gasteiger partial charge is 0.259 e. The van der Waals surface area contributed by atoms with Gasteiger partial charge in [-0.15, -0.1) is 11.3 Å². The number of nitrogens with zero attached hydrogens (tertiary/aromatic N) is 5. The minimum Gasteiger partial charge on any atom is -0.372 e. The highest BCUT2D eigenvalue weighted by molar-refractivity contribution is 7.17. The SMILES string of the molecule is Cc1cn2nc(-c3cc(=O)n4cc([C@@H]5C[C@H]6CNC[C@@H](C5)O6)sc4n3)cc(C)c2n1. The molecule has 2 aliphatic rings. The van der Waals surface area contributed by atoms with Gasteiger partial charge < -0.3 is 10.1 Å². The number of aryl methyl sites for hydroxylation is 2. The van der Waals surface area contributed by atoms with Crippen molar-refractivity contribution in [1.82, 2.24) is 29.3 Å². The standard InChI is InChI=1S/C21H22N6O2S/c1-11-3-17(25-27-9-12(2)23-20(11)27)16-6-19(28)26-10-18(30-21(26)24-16)13-4-14-7-22-8-15(5-13)29-14/h3,6,9-10,13-15,22H,4-5,7-8H2,1-2H3/t13-,14+,15-. The summed E-state index contributed by atoms with van der Waals surface area (Å²) in [5.41, 5.74) is 3.94. The number of imidazole rings is 1. The molecule has 0 aliphatic carbocycles. The number of ether oxygens (including phenoxy) is 1. The Morgan fingerprint density at radius 2 is 1.90 bits per heavy atom. The Morgan fingerprint density at radius 1 is 1.10 bits per heavy atom. The molecule has 2 saturated heterocycles. The van der Waals surface area contributed by atoms with Crippen molar-refractivity contribution in [3.63, 3.8) is 0 Å². The van der Waals surface area contributed by atoms with Gasteiger partial charge in [0.15, 0.2) is 10.6 Å². The fourth-order valence-electron chi connectivity index (χ4n) is 4.62. The number of morpholine rings is 1. The highest BCUT2D eigenvalue weighted by atomic mass is 32.1. The molecule has 6 rings (SSSR count). The number of nitrogens with one attached hydrogen (secondary N) is 1. The predicted molar refractivity (Wildman–Crippen MR) is 114 cm³/mol. The lowest BCUT2D eigenvalue weighted by molar-refractivity contribution is -0.0777. The van der Waals surface area contributed by atoms with Gasteiger partial charge in [-0.2, -0.15) is 5.10 Å². The van der Waals surface area contributed by atoms with Gasteiger partial charge in [0.05, 0.1) is 29.8 Å². The minimum atomic E-state index is -0.0761. The zero-order chi connectivity index (χ0) is 20.4. The molecular weight excluding hydrogens is 400 g/mol. The highest BCUT2D eigenvalue weighted by Crippen LogP contribution is 2.37. The molecule has 0 radical (unpaired) electrons. The van der Waals surface area contributed by atoms with E-state index in [0.717, 1.165) is 42.8 Å². The average molecular weight is 423 g/mol. The van der Waals surface area contributed by atoms with Gasteiger partial charge in [-0.25, -0.2) is 14.5 Å². The van der Waals surface area contributed by atoms with Crippen molar-refractivity contribution < 1.29 is 4.74 Å². The Kier molecular flexibility index (Phi) is 4.06. The van der Waals surface area contributed by atoms with Gasteiger partial charge in [-0.3, -0.25) is 9.20 Å². The van der Waals surface area contributed by atoms with Gasteiger partial charge in [0.1, 0.15) is 5.69 Å². The van der Waals surface area contributed by atoms with Crippen LogP contribution in [0.25, 0.3) is 22.0 Å². The Balaban J connectivity index is 1.41. The van der Waals surface area contributed by atoms with Crippen LogP contribution in [-0.2, 0) is 4.74 Å². The summed E-state index contributed by atoms with van der Waals surface area (Å²) >= 11 is 1.61. The first-order valence-electron chi connectivity index (χ1n) is 10.3. The molecule has 2 fully saturated rings. The lowest BCUT2D eigenvalue weighted by Crippen LogP contribution is -2.49. The van der Waals surface area contributed by atoms with E-state index in [-0.39, 0.29) is 17.8 Å². The molecular formula is C21H22N6O2S. The van der Waals surface area contributed by atoms with E-state index < -0.39 is 0 Å². The van der Waals surface area contributed by atoms with Crippen LogP contribution in [-0.4, -0.2) is 49.3 Å². The molecule has 4 aromatic heterocycles. The molecule has 4 aromatic rings. The van der Waals surface area contributed by atoms with E-state index in [9.17, 15) is 4.79 Å². The highest BCUT2D eigenvalue weighted by Gasteiger charge is 2.34. The third-order valence-corrected chi connectivity index (χ3v) is 7.15. The van der Waals surface area contributed by atoms with Gasteiger partial charge in [-0.05, 0) is 44.2 Å². The van der Waals surface area contributed by atoms with Crippen LogP contribution in [0.3, 0.4) is 0 Å². The first kappa shape index (κ1) is 18.2. The summed E-state index contributed by atoms with van der Waals surface area (Å²) in [5, 5.41) is 8.07. The zero-order valence-corrected chi connectivity index (χ0v) is 17.6. The van der Waals surface area contributed by atoms with E-state index in [2.05, 4.69) is 15.4 Å². The molecule has 30 heavy (non-hydrogen) atoms. The molecule has 8 nitrogen and oxygen atoms in total. The van der Waals surface area contributed by atoms with Crippen LogP contribution in [0.15, 0.2) is 29.3 Å². The summed E-state index contributed by atoms with van der Waals surface area (Å²) in [5.74, 6) is 0.413. The fourth-order valence-corrected chi connectivity index (χ4v) is 5.74. The predicted octanol–water partition coefficient (Wildman–Crippen LogP) is 2.32. The van der Waals surface area contributed by atoms with Crippen molar-refractivity contribution in [2.24, 2.45) is 0 Å². The molecule has 0 aromatic carbocycles. The van der Waals surface area contributed by atoms with Gasteiger partial charge in [-0.1, -0.05) is 0 Å². The fraction of sp³-hybridized carbons (Fsp3) is 0.429. The minimum absolute atomic E-state index is 0.0761. The Bertz CT molecular complexity index is 1330. The van der Waals surface area contributed by atoms with E-state index >= 15 is 0 Å². The Morgan fingerprint density at radius 3 is 2.70 bits per heavy atom. The number of rotatable bonds is 2. The van der Waals surface area contributed by atoms with Crippen molar-refractivity contribution in [2.75, 3.05) is 13.1 Å². The monoisotopic (exact) mass is 422 g/mol. The van der Waals surface area contributed by atoms with Crippen molar-refractivity contribution in [1.29, 1.82) is 0 Å². The van der Waals surface area contributed by atoms with E-state index in [1.807, 2.05) is 32.3 Å². The quantitative estimate of drug-likeness (QED) is 0.534. The molecule has 0 amide bonds. The van der Waals surface area contributed by atoms with Crippen molar-refractivity contribution in [3.8, 4) is 11.4 Å². The average Bonchev–Trinajstić information content (AvgIpc) is 3.31. The largest absolute Gasteiger partial charge is 0.372 e. The van der Waals surface area contributed by atoms with Crippen LogP contribution in [0, 0.1) is 13.8 Å². The first-order valence-corrected chi connectivity index (χ1v) is 11.1. The van der Waals surface area contributed by atoms with Crippen molar-refractivity contribution in [3.05, 3.63) is 51.0 Å². The van der Waals surface area contributed by atoms with Crippen LogP contribution < -0.4 is 10.9 Å². The van der Waals surface area contributed by atoms with Gasteiger partial charge in [0.2, 0.25) is 0 Å². The molecule has 3 atom stereocenters. The Hall–Kier alpha value is -2.62. The molecule has 0 saturated carbocycles. The van der Waals surface area contributed by atoms with Crippen molar-refractivity contribution in [2.45, 2.75) is 44.8 Å². The molecule has 1 N–H and O–H groups in total. The van der Waals surface area contributed by atoms with E-state index in [4.69, 9.17) is 9.72 Å². The van der Waals surface area contributed by atoms with Crippen molar-refractivity contribution >= 4 is 21.9 Å². The maximum absolute atomic E-state index is 12.9. The van der Waals surface area contributed by atoms with Crippen LogP contribution in [0.2, 0.25) is 0 Å². The number of thiazole rings is 1. The molecule has 2 aliphatic heterocycles. The maximum Gasteiger partial charge on any atom is 0.259 e. The summed E-state index contributed by atoms with van der Waals surface area (Å²) in [6, 6.07) is 3.52. The van der Waals surface area contributed by atoms with Crippen LogP contribution in [0.4, 0.5) is 0 Å². The normalized spacial score (nSPS) is 24.0. The topological polar surface area (TPSA) is 85.8 Å². The Labute approximate surface area is 176 Å². The first-order chi connectivity index (χ1) is 14.5. The molecule has 0 spiro atoms. The van der Waals surface area contributed by atoms with Crippen LogP contribution in [0.5, 0.6) is 0 Å². The number of fused-ring (bicyclic) bond motifs is 4. The molecule has 9 heteroatoms. The van der Waals surface area contributed by atoms with E-state index in [1.165, 1.54) is 4.88 Å². The zero-order valence-electron chi connectivity index (χ0n) is 16.8. The third kappa shape index (κ3) is 2.96. The van der Waals surface area contributed by atoms with Gasteiger partial charge in [0, 0.05) is 30.2 Å². The molecule has 0 unspecified atom stereocenters. The summed E-state index contributed by atoms with van der Waals surface area (Å²) < 4.78 is 9.47. The second kappa shape index (κ2) is 6.69. The summed E-state index contributed by atoms with van der Waals surface area (Å²) in [4.78, 5) is 24.1. The lowest BCUT2D eigenvalue weighted by atomic mass is 9.89. The summed E-state index contributed by atoms with van der Waals surface area (Å²) in [6.45, 7) is 5.75. The summed E-state index contributed by atoms with van der Waals surface area (Å²) in [7, 11) is 0. The lowest BCUT2D eigenvalue weighted by Gasteiger charge is -2.39. The number of aromatic nitrogens is 5. The summed E-state index contributed by atoms with van der Waals surface area (Å²) in [6.07, 6.45) is 6.33. The van der Waals surface area contributed by atoms with E-state index in [0.29, 0.717) is 22.3 Å². The number of hydrogen-bond acceptors (Lipinski definition) is 7. The van der Waals surface area contributed by atoms with E-state index in [1.54, 1.807) is 26.3 Å². The maximum atomic E-state index is 12.9. The third-order valence-electron chi connectivity index (χ3n) is 6.00.